The zero-order valence-electron chi connectivity index (χ0n) is 15.7. The van der Waals surface area contributed by atoms with Crippen molar-refractivity contribution >= 4 is 17.3 Å². The maximum atomic E-state index is 10.5. The molecule has 0 unspecified atom stereocenters. The summed E-state index contributed by atoms with van der Waals surface area (Å²) in [5.41, 5.74) is 2.82. The van der Waals surface area contributed by atoms with Crippen LogP contribution in [0.3, 0.4) is 0 Å². The van der Waals surface area contributed by atoms with E-state index in [4.69, 9.17) is 16.6 Å². The van der Waals surface area contributed by atoms with Crippen LogP contribution in [0.4, 0.5) is 0 Å². The number of benzene rings is 2. The maximum absolute atomic E-state index is 10.5. The van der Waals surface area contributed by atoms with Gasteiger partial charge < -0.3 is 10.0 Å². The van der Waals surface area contributed by atoms with Gasteiger partial charge in [0.2, 0.25) is 0 Å². The molecule has 142 valence electrons. The van der Waals surface area contributed by atoms with Gasteiger partial charge in [-0.3, -0.25) is 10.3 Å². The van der Waals surface area contributed by atoms with Crippen molar-refractivity contribution in [2.45, 2.75) is 37.9 Å². The van der Waals surface area contributed by atoms with Crippen molar-refractivity contribution in [3.05, 3.63) is 64.7 Å². The molecule has 4 rings (SSSR count). The van der Waals surface area contributed by atoms with E-state index in [2.05, 4.69) is 41.4 Å². The Morgan fingerprint density at radius 2 is 1.93 bits per heavy atom. The summed E-state index contributed by atoms with van der Waals surface area (Å²) in [5, 5.41) is 14.9. The van der Waals surface area contributed by atoms with Gasteiger partial charge in [0.25, 0.3) is 0 Å². The van der Waals surface area contributed by atoms with E-state index >= 15 is 0 Å². The van der Waals surface area contributed by atoms with Gasteiger partial charge in [0.05, 0.1) is 0 Å². The summed E-state index contributed by atoms with van der Waals surface area (Å²) < 4.78 is 0. The molecule has 2 N–H and O–H groups in total. The molecule has 0 aliphatic carbocycles. The normalized spacial score (nSPS) is 22.6. The lowest BCUT2D eigenvalue weighted by Crippen LogP contribution is -2.56. The van der Waals surface area contributed by atoms with Crippen LogP contribution < -0.4 is 5.32 Å². The molecule has 2 aromatic rings. The Balaban J connectivity index is 1.72. The first-order valence-corrected chi connectivity index (χ1v) is 10.1. The highest BCUT2D eigenvalue weighted by molar-refractivity contribution is 6.30. The zero-order chi connectivity index (χ0) is 18.9. The number of phenolic OH excluding ortho intramolecular Hbond substituents is 1. The third-order valence-electron chi connectivity index (χ3n) is 5.79. The zero-order valence-corrected chi connectivity index (χ0v) is 16.4. The maximum Gasteiger partial charge on any atom is 0.120 e. The summed E-state index contributed by atoms with van der Waals surface area (Å²) >= 11 is 6.23. The van der Waals surface area contributed by atoms with Gasteiger partial charge >= 0.3 is 0 Å². The predicted molar refractivity (Wildman–Crippen MR) is 111 cm³/mol. The number of aromatic hydroxyl groups is 1. The largest absolute Gasteiger partial charge is 0.508 e. The summed E-state index contributed by atoms with van der Waals surface area (Å²) in [7, 11) is 0. The third-order valence-corrected chi connectivity index (χ3v) is 6.03. The van der Waals surface area contributed by atoms with E-state index in [0.29, 0.717) is 5.02 Å². The molecular formula is C22H26ClN3O. The quantitative estimate of drug-likeness (QED) is 0.826. The molecule has 2 heterocycles. The molecule has 0 bridgehead atoms. The standard InChI is InChI=1S/C22H26ClN3O/c1-2-26-12-10-22(11-13-26)24-19(16-6-4-3-5-7-16)15-20(25-22)18-14-17(23)8-9-21(18)27/h3-9,14,20,25,27H,2,10-13,15H2,1H3/t20-/m0/s1. The highest BCUT2D eigenvalue weighted by atomic mass is 35.5. The summed E-state index contributed by atoms with van der Waals surface area (Å²) in [4.78, 5) is 7.67. The number of piperidine rings is 1. The molecule has 1 saturated heterocycles. The highest BCUT2D eigenvalue weighted by Gasteiger charge is 2.40. The fourth-order valence-electron chi connectivity index (χ4n) is 4.21. The van der Waals surface area contributed by atoms with E-state index in [-0.39, 0.29) is 17.5 Å². The summed E-state index contributed by atoms with van der Waals surface area (Å²) in [5.74, 6) is 0.285. The minimum atomic E-state index is -0.283. The lowest BCUT2D eigenvalue weighted by molar-refractivity contribution is 0.129. The second kappa shape index (κ2) is 7.63. The molecule has 0 saturated carbocycles. The Kier molecular flexibility index (Phi) is 5.22. The summed E-state index contributed by atoms with van der Waals surface area (Å²) in [6, 6.07) is 15.6. The first-order chi connectivity index (χ1) is 13.1. The van der Waals surface area contributed by atoms with Gasteiger partial charge in [0, 0.05) is 41.8 Å². The fraction of sp³-hybridized carbons (Fsp3) is 0.409. The molecule has 1 spiro atoms. The minimum absolute atomic E-state index is 0.00965. The van der Waals surface area contributed by atoms with Crippen LogP contribution >= 0.6 is 11.6 Å². The molecule has 2 aliphatic heterocycles. The molecule has 1 fully saturated rings. The number of hydrogen-bond acceptors (Lipinski definition) is 4. The van der Waals surface area contributed by atoms with Gasteiger partial charge in [-0.1, -0.05) is 48.9 Å². The Morgan fingerprint density at radius 3 is 2.63 bits per heavy atom. The number of nitrogens with one attached hydrogen (secondary N) is 1. The van der Waals surface area contributed by atoms with Crippen molar-refractivity contribution in [2.24, 2.45) is 4.99 Å². The molecule has 2 aromatic carbocycles. The first-order valence-electron chi connectivity index (χ1n) is 9.71. The average molecular weight is 384 g/mol. The van der Waals surface area contributed by atoms with Gasteiger partial charge in [-0.2, -0.15) is 0 Å². The van der Waals surface area contributed by atoms with Crippen molar-refractivity contribution in [1.82, 2.24) is 10.2 Å². The second-order valence-electron chi connectivity index (χ2n) is 7.49. The molecule has 27 heavy (non-hydrogen) atoms. The van der Waals surface area contributed by atoms with Crippen molar-refractivity contribution in [3.63, 3.8) is 0 Å². The molecule has 0 amide bonds. The molecule has 5 heteroatoms. The molecule has 4 nitrogen and oxygen atoms in total. The van der Waals surface area contributed by atoms with Crippen LogP contribution in [0, 0.1) is 0 Å². The van der Waals surface area contributed by atoms with Crippen LogP contribution in [-0.4, -0.2) is 41.0 Å². The number of rotatable bonds is 3. The van der Waals surface area contributed by atoms with Crippen molar-refractivity contribution in [2.75, 3.05) is 19.6 Å². The predicted octanol–water partition coefficient (Wildman–Crippen LogP) is 4.38. The minimum Gasteiger partial charge on any atom is -0.508 e. The Bertz CT molecular complexity index is 829. The van der Waals surface area contributed by atoms with Crippen LogP contribution in [0.1, 0.15) is 43.4 Å². The fourth-order valence-corrected chi connectivity index (χ4v) is 4.39. The molecule has 0 radical (unpaired) electrons. The van der Waals surface area contributed by atoms with E-state index in [0.717, 1.165) is 55.7 Å². The highest BCUT2D eigenvalue weighted by Crippen LogP contribution is 2.38. The molecule has 2 aliphatic rings. The average Bonchev–Trinajstić information content (AvgIpc) is 2.71. The Morgan fingerprint density at radius 1 is 1.19 bits per heavy atom. The Labute approximate surface area is 165 Å². The van der Waals surface area contributed by atoms with Crippen LogP contribution in [0.25, 0.3) is 0 Å². The van der Waals surface area contributed by atoms with Crippen molar-refractivity contribution < 1.29 is 5.11 Å². The lowest BCUT2D eigenvalue weighted by atomic mass is 9.87. The topological polar surface area (TPSA) is 47.9 Å². The van der Waals surface area contributed by atoms with Gasteiger partial charge in [-0.15, -0.1) is 0 Å². The van der Waals surface area contributed by atoms with Gasteiger partial charge in [-0.25, -0.2) is 0 Å². The van der Waals surface area contributed by atoms with E-state index in [1.807, 2.05) is 12.1 Å². The smallest absolute Gasteiger partial charge is 0.120 e. The lowest BCUT2D eigenvalue weighted by Gasteiger charge is -2.45. The number of phenols is 1. The van der Waals surface area contributed by atoms with Gasteiger partial charge in [0.15, 0.2) is 0 Å². The van der Waals surface area contributed by atoms with Crippen molar-refractivity contribution in [3.8, 4) is 5.75 Å². The van der Waals surface area contributed by atoms with Crippen LogP contribution in [0.2, 0.25) is 5.02 Å². The Hall–Kier alpha value is -1.88. The number of aliphatic imine (C=N–C) groups is 1. The number of hydrogen-bond donors (Lipinski definition) is 2. The summed E-state index contributed by atoms with van der Waals surface area (Å²) in [6.45, 7) is 5.34. The third kappa shape index (κ3) is 3.88. The van der Waals surface area contributed by atoms with E-state index in [1.54, 1.807) is 12.1 Å². The molecular weight excluding hydrogens is 358 g/mol. The van der Waals surface area contributed by atoms with Crippen LogP contribution in [0.15, 0.2) is 53.5 Å². The van der Waals surface area contributed by atoms with Crippen LogP contribution in [-0.2, 0) is 0 Å². The molecule has 1 atom stereocenters. The van der Waals surface area contributed by atoms with Gasteiger partial charge in [0.1, 0.15) is 11.4 Å². The van der Waals surface area contributed by atoms with E-state index in [9.17, 15) is 5.11 Å². The van der Waals surface area contributed by atoms with E-state index in [1.165, 1.54) is 0 Å². The van der Waals surface area contributed by atoms with Crippen molar-refractivity contribution in [1.29, 1.82) is 0 Å². The number of halogens is 1. The summed E-state index contributed by atoms with van der Waals surface area (Å²) in [6.07, 6.45) is 2.67. The monoisotopic (exact) mass is 383 g/mol. The molecule has 0 aromatic heterocycles. The SMILES string of the molecule is CCN1CCC2(CC1)N=C(c1ccccc1)C[C@@H](c1cc(Cl)ccc1O)N2. The first kappa shape index (κ1) is 18.5. The van der Waals surface area contributed by atoms with Crippen LogP contribution in [0.5, 0.6) is 5.75 Å². The second-order valence-corrected chi connectivity index (χ2v) is 7.93. The van der Waals surface area contributed by atoms with Gasteiger partial charge in [-0.05, 0) is 43.1 Å². The number of likely N-dealkylation sites (tertiary alicyclic amines) is 1. The number of nitrogens with zero attached hydrogens (tertiary/aromatic N) is 2. The van der Waals surface area contributed by atoms with E-state index < -0.39 is 0 Å².